The van der Waals surface area contributed by atoms with Gasteiger partial charge in [0.05, 0.1) is 27.3 Å². The van der Waals surface area contributed by atoms with Gasteiger partial charge in [-0.2, -0.15) is 0 Å². The van der Waals surface area contributed by atoms with E-state index in [0.29, 0.717) is 5.69 Å². The molecule has 2 aliphatic rings. The standard InChI is InChI=1S/C15H13NO4.C11H8BrNO3.C4H6O/c1-7(17)10-6-9-13(16(10)2)15(20)8-4-3-5-11(18)12(8)14(9)19;1-13-9-8(12)11(16)7-5(10(9)15)3-2-4-6(7)14;1-3-4(2)5/h3-7,17-18H,1-2H3;2-4,13-14H,1H3;1,4-5H,2H3/t7-;;4-/m0.0/s1. The highest BCUT2D eigenvalue weighted by molar-refractivity contribution is 9.12. The molecule has 0 radical (unpaired) electrons. The molecule has 0 bridgehead atoms. The summed E-state index contributed by atoms with van der Waals surface area (Å²) < 4.78 is 1.68. The monoisotopic (exact) mass is 622 g/mol. The summed E-state index contributed by atoms with van der Waals surface area (Å²) >= 11 is 3.06. The van der Waals surface area contributed by atoms with Crippen molar-refractivity contribution in [2.75, 3.05) is 7.05 Å². The molecule has 2 atom stereocenters. The van der Waals surface area contributed by atoms with Gasteiger partial charge < -0.3 is 30.3 Å². The number of aliphatic hydroxyl groups excluding tert-OH is 2. The van der Waals surface area contributed by atoms with Gasteiger partial charge in [0.1, 0.15) is 29.0 Å². The third-order valence-corrected chi connectivity index (χ3v) is 7.08. The van der Waals surface area contributed by atoms with Crippen molar-refractivity contribution in [3.63, 3.8) is 0 Å². The summed E-state index contributed by atoms with van der Waals surface area (Å²) in [6.45, 7) is 3.11. The predicted octanol–water partition coefficient (Wildman–Crippen LogP) is 3.16. The van der Waals surface area contributed by atoms with Crippen molar-refractivity contribution in [1.29, 1.82) is 0 Å². The van der Waals surface area contributed by atoms with Crippen LogP contribution in [-0.2, 0) is 7.05 Å². The number of rotatable bonds is 2. The number of aromatic nitrogens is 1. The number of aliphatic hydroxyl groups is 2. The van der Waals surface area contributed by atoms with Crippen molar-refractivity contribution in [3.05, 3.63) is 91.8 Å². The topological polar surface area (TPSA) is 166 Å². The molecule has 0 saturated heterocycles. The zero-order chi connectivity index (χ0) is 30.8. The number of carbonyl (C=O) groups excluding carboxylic acids is 4. The van der Waals surface area contributed by atoms with Crippen LogP contribution in [0.1, 0.15) is 78.3 Å². The van der Waals surface area contributed by atoms with Gasteiger partial charge in [-0.15, -0.1) is 6.42 Å². The first-order chi connectivity index (χ1) is 19.3. The fraction of sp³-hybridized carbons (Fsp3) is 0.200. The number of allylic oxidation sites excluding steroid dienone is 2. The maximum Gasteiger partial charge on any atom is 0.211 e. The number of carbonyl (C=O) groups is 4. The zero-order valence-electron chi connectivity index (χ0n) is 22.5. The van der Waals surface area contributed by atoms with Crippen LogP contribution in [-0.4, -0.2) is 61.3 Å². The molecule has 0 fully saturated rings. The van der Waals surface area contributed by atoms with Crippen molar-refractivity contribution < 1.29 is 39.6 Å². The van der Waals surface area contributed by atoms with E-state index in [1.54, 1.807) is 27.9 Å². The van der Waals surface area contributed by atoms with E-state index in [2.05, 4.69) is 33.6 Å². The molecule has 5 N–H and O–H groups in total. The second-order valence-corrected chi connectivity index (χ2v) is 9.86. The highest BCUT2D eigenvalue weighted by Crippen LogP contribution is 2.35. The van der Waals surface area contributed by atoms with E-state index in [1.807, 2.05) is 0 Å². The lowest BCUT2D eigenvalue weighted by atomic mass is 9.87. The number of nitrogens with one attached hydrogen (secondary N) is 1. The second-order valence-electron chi connectivity index (χ2n) is 9.06. The Morgan fingerprint density at radius 2 is 1.34 bits per heavy atom. The first kappa shape index (κ1) is 31.0. The van der Waals surface area contributed by atoms with Gasteiger partial charge in [0.15, 0.2) is 5.78 Å². The van der Waals surface area contributed by atoms with Crippen molar-refractivity contribution in [2.45, 2.75) is 26.1 Å². The number of hydrogen-bond acceptors (Lipinski definition) is 9. The molecular formula is C30H27BrN2O8. The number of aromatic hydroxyl groups is 2. The number of halogens is 1. The molecule has 2 aliphatic carbocycles. The molecule has 0 aliphatic heterocycles. The number of hydrogen-bond donors (Lipinski definition) is 5. The van der Waals surface area contributed by atoms with E-state index in [-0.39, 0.29) is 66.8 Å². The Morgan fingerprint density at radius 3 is 1.80 bits per heavy atom. The van der Waals surface area contributed by atoms with Crippen LogP contribution in [0.4, 0.5) is 0 Å². The number of fused-ring (bicyclic) bond motifs is 3. The smallest absolute Gasteiger partial charge is 0.211 e. The van der Waals surface area contributed by atoms with Crippen LogP contribution >= 0.6 is 15.9 Å². The second kappa shape index (κ2) is 12.3. The molecular weight excluding hydrogens is 596 g/mol. The number of nitrogens with zero attached hydrogens (tertiary/aromatic N) is 1. The van der Waals surface area contributed by atoms with Gasteiger partial charge in [0.25, 0.3) is 0 Å². The molecule has 212 valence electrons. The van der Waals surface area contributed by atoms with Crippen molar-refractivity contribution in [1.82, 2.24) is 9.88 Å². The van der Waals surface area contributed by atoms with Gasteiger partial charge in [0, 0.05) is 30.9 Å². The van der Waals surface area contributed by atoms with Crippen LogP contribution in [0.25, 0.3) is 0 Å². The fourth-order valence-electron chi connectivity index (χ4n) is 4.35. The van der Waals surface area contributed by atoms with E-state index in [9.17, 15) is 34.5 Å². The zero-order valence-corrected chi connectivity index (χ0v) is 24.1. The van der Waals surface area contributed by atoms with E-state index >= 15 is 0 Å². The highest BCUT2D eigenvalue weighted by Gasteiger charge is 2.36. The quantitative estimate of drug-likeness (QED) is 0.211. The Hall–Kier alpha value is -4.50. The molecule has 3 aromatic rings. The number of benzene rings is 2. The lowest BCUT2D eigenvalue weighted by molar-refractivity contribution is 0.0971. The maximum atomic E-state index is 12.5. The summed E-state index contributed by atoms with van der Waals surface area (Å²) in [5.41, 5.74) is 1.68. The molecule has 10 nitrogen and oxygen atoms in total. The minimum absolute atomic E-state index is 0.0349. The van der Waals surface area contributed by atoms with Crippen LogP contribution in [0, 0.1) is 12.3 Å². The lowest BCUT2D eigenvalue weighted by Gasteiger charge is -2.18. The van der Waals surface area contributed by atoms with Crippen LogP contribution in [0.3, 0.4) is 0 Å². The molecule has 0 amide bonds. The van der Waals surface area contributed by atoms with Crippen LogP contribution in [0.2, 0.25) is 0 Å². The summed E-state index contributed by atoms with van der Waals surface area (Å²) in [5.74, 6) is 0.295. The number of terminal acetylenes is 1. The molecule has 11 heteroatoms. The van der Waals surface area contributed by atoms with Crippen molar-refractivity contribution in [2.24, 2.45) is 7.05 Å². The summed E-state index contributed by atoms with van der Waals surface area (Å²) in [6.07, 6.45) is 3.29. The Labute approximate surface area is 244 Å². The van der Waals surface area contributed by atoms with Gasteiger partial charge in [-0.1, -0.05) is 18.1 Å². The van der Waals surface area contributed by atoms with Gasteiger partial charge in [-0.05, 0) is 60.1 Å². The number of likely N-dealkylation sites (N-methyl/N-ethyl adjacent to an activating group) is 1. The third kappa shape index (κ3) is 5.71. The SMILES string of the molecule is C#C[C@H](C)O.CNC1=C(Br)C(=O)c2c(O)cccc2C1=O.C[C@H](O)c1cc2c(n1C)C(=O)c1cccc(O)c1C2=O. The Bertz CT molecular complexity index is 1660. The highest BCUT2D eigenvalue weighted by atomic mass is 79.9. The van der Waals surface area contributed by atoms with Crippen molar-refractivity contribution >= 4 is 39.1 Å². The number of Topliss-reactive ketones (excluding diaryl/α,β-unsaturated/α-hetero) is 2. The maximum absolute atomic E-state index is 12.5. The summed E-state index contributed by atoms with van der Waals surface area (Å²) in [5, 5.41) is 39.9. The number of phenols is 2. The van der Waals surface area contributed by atoms with Gasteiger partial charge >= 0.3 is 0 Å². The Balaban J connectivity index is 0.000000198. The summed E-state index contributed by atoms with van der Waals surface area (Å²) in [7, 11) is 3.20. The Kier molecular flexibility index (Phi) is 9.35. The molecule has 0 spiro atoms. The first-order valence-electron chi connectivity index (χ1n) is 12.2. The van der Waals surface area contributed by atoms with Crippen LogP contribution < -0.4 is 5.32 Å². The molecule has 1 aromatic heterocycles. The predicted molar refractivity (Wildman–Crippen MR) is 153 cm³/mol. The third-order valence-electron chi connectivity index (χ3n) is 6.32. The van der Waals surface area contributed by atoms with Gasteiger partial charge in [-0.25, -0.2) is 0 Å². The first-order valence-corrected chi connectivity index (χ1v) is 13.0. The molecule has 41 heavy (non-hydrogen) atoms. The number of ketones is 4. The van der Waals surface area contributed by atoms with E-state index in [0.717, 1.165) is 0 Å². The largest absolute Gasteiger partial charge is 0.507 e. The minimum atomic E-state index is -0.789. The molecule has 1 heterocycles. The average molecular weight is 623 g/mol. The minimum Gasteiger partial charge on any atom is -0.507 e. The molecule has 2 aromatic carbocycles. The fourth-order valence-corrected chi connectivity index (χ4v) is 4.93. The number of phenolic OH excluding ortho intramolecular Hbond substituents is 2. The van der Waals surface area contributed by atoms with Gasteiger partial charge in [-0.3, -0.25) is 19.2 Å². The lowest BCUT2D eigenvalue weighted by Crippen LogP contribution is -2.26. The molecule has 0 unspecified atom stereocenters. The summed E-state index contributed by atoms with van der Waals surface area (Å²) in [6, 6.07) is 10.4. The van der Waals surface area contributed by atoms with Crippen molar-refractivity contribution in [3.8, 4) is 23.8 Å². The van der Waals surface area contributed by atoms with Crippen LogP contribution in [0.15, 0.2) is 52.6 Å². The van der Waals surface area contributed by atoms with Crippen LogP contribution in [0.5, 0.6) is 11.5 Å². The van der Waals surface area contributed by atoms with E-state index in [1.165, 1.54) is 47.0 Å². The van der Waals surface area contributed by atoms with Gasteiger partial charge in [0.2, 0.25) is 17.3 Å². The normalized spacial score (nSPS) is 14.8. The Morgan fingerprint density at radius 1 is 0.854 bits per heavy atom. The van der Waals surface area contributed by atoms with E-state index < -0.39 is 23.8 Å². The van der Waals surface area contributed by atoms with E-state index in [4.69, 9.17) is 5.11 Å². The molecule has 0 saturated carbocycles. The average Bonchev–Trinajstić information content (AvgIpc) is 3.29. The summed E-state index contributed by atoms with van der Waals surface area (Å²) in [4.78, 5) is 48.8. The molecule has 5 rings (SSSR count).